The Kier molecular flexibility index (Phi) is 16.4. The Morgan fingerprint density at radius 2 is 1.51 bits per heavy atom. The lowest BCUT2D eigenvalue weighted by Gasteiger charge is -2.53. The largest absolute Gasteiger partial charge is 0.480 e. The van der Waals surface area contributed by atoms with Crippen molar-refractivity contribution in [2.24, 2.45) is 34.8 Å². The summed E-state index contributed by atoms with van der Waals surface area (Å²) in [5.41, 5.74) is -0.418. The van der Waals surface area contributed by atoms with Crippen LogP contribution in [-0.4, -0.2) is 161 Å². The summed E-state index contributed by atoms with van der Waals surface area (Å²) in [6.45, 7) is 6.24. The van der Waals surface area contributed by atoms with E-state index >= 15 is 0 Å². The average molecular weight is 968 g/mol. The molecular formula is C44H58NO21P. The topological polar surface area (TPSA) is 338 Å². The molecule has 2 fully saturated rings. The molecule has 0 saturated heterocycles. The standard InChI is InChI=1S/C44H58NO21P/c1-23-15-33-42(55,36(23)50)17-27(18-46)16-31-35-41(5,6)44(35,66-26(4)48)37(24(2)43(31,33)56)65-40(54)29-9-7-28(8-10-29)39(53)61-14-13-59-11-12-60-21-34(49)64-30(19-62-25(3)47)20-63-67(57,58)22-32(45)38(51)52/h7-10,15-16,24,30-33,35,37,46,55-56H,11-14,17-22,45H2,1-6H3,(H,51,52)(H,57,58)/t24-,30-,31+,32+,33-,35-,37-,42-,43-,44-/m1/s1. The maximum Gasteiger partial charge on any atom is 0.338 e. The van der Waals surface area contributed by atoms with Crippen molar-refractivity contribution >= 4 is 49.2 Å². The Hall–Kier alpha value is -4.90. The van der Waals surface area contributed by atoms with Crippen molar-refractivity contribution in [2.45, 2.75) is 83.0 Å². The van der Waals surface area contributed by atoms with Gasteiger partial charge in [0.2, 0.25) is 0 Å². The van der Waals surface area contributed by atoms with Crippen molar-refractivity contribution in [3.05, 3.63) is 58.7 Å². The number of ether oxygens (including phenoxy) is 7. The van der Waals surface area contributed by atoms with Crippen molar-refractivity contribution < 1.29 is 101 Å². The van der Waals surface area contributed by atoms with Crippen LogP contribution >= 0.6 is 7.60 Å². The van der Waals surface area contributed by atoms with E-state index in [4.69, 9.17) is 48.5 Å². The number of carboxylic acids is 1. The third-order valence-corrected chi connectivity index (χ3v) is 14.3. The van der Waals surface area contributed by atoms with Crippen molar-refractivity contribution in [2.75, 3.05) is 59.0 Å². The van der Waals surface area contributed by atoms with Gasteiger partial charge in [0.25, 0.3) is 0 Å². The Morgan fingerprint density at radius 1 is 0.896 bits per heavy atom. The number of carboxylic acid groups (broad SMARTS) is 1. The first-order valence-corrected chi connectivity index (χ1v) is 23.1. The molecule has 1 unspecified atom stereocenters. The second kappa shape index (κ2) is 20.8. The van der Waals surface area contributed by atoms with Crippen LogP contribution < -0.4 is 5.73 Å². The van der Waals surface area contributed by atoms with E-state index in [9.17, 15) is 58.3 Å². The van der Waals surface area contributed by atoms with E-state index in [0.717, 1.165) is 6.92 Å². The number of aliphatic hydroxyl groups is 3. The number of aliphatic carboxylic acids is 1. The summed E-state index contributed by atoms with van der Waals surface area (Å²) in [6.07, 6.45) is -0.599. The first kappa shape index (κ1) is 53.1. The molecule has 1 aromatic rings. The summed E-state index contributed by atoms with van der Waals surface area (Å²) in [6, 6.07) is 3.62. The van der Waals surface area contributed by atoms with Gasteiger partial charge in [-0.3, -0.25) is 23.7 Å². The Morgan fingerprint density at radius 3 is 2.10 bits per heavy atom. The molecule has 0 spiro atoms. The zero-order chi connectivity index (χ0) is 49.9. The summed E-state index contributed by atoms with van der Waals surface area (Å²) >= 11 is 0. The number of ketones is 1. The molecule has 2 saturated carbocycles. The molecule has 0 aliphatic heterocycles. The minimum absolute atomic E-state index is 0.00656. The van der Waals surface area contributed by atoms with Gasteiger partial charge in [-0.05, 0) is 42.3 Å². The summed E-state index contributed by atoms with van der Waals surface area (Å²) in [5, 5.41) is 44.0. The second-order valence-corrected chi connectivity index (χ2v) is 19.6. The lowest BCUT2D eigenvalue weighted by Crippen LogP contribution is -2.66. The second-order valence-electron chi connectivity index (χ2n) is 17.7. The highest BCUT2D eigenvalue weighted by atomic mass is 31.2. The predicted octanol–water partition coefficient (Wildman–Crippen LogP) is 0.644. The van der Waals surface area contributed by atoms with Crippen LogP contribution in [0.4, 0.5) is 0 Å². The van der Waals surface area contributed by atoms with E-state index in [0.29, 0.717) is 5.57 Å². The Bertz CT molecular complexity index is 2210. The van der Waals surface area contributed by atoms with Gasteiger partial charge < -0.3 is 68.7 Å². The number of nitrogens with two attached hydrogens (primary N) is 1. The van der Waals surface area contributed by atoms with Crippen molar-refractivity contribution in [3.8, 4) is 0 Å². The minimum Gasteiger partial charge on any atom is -0.480 e. The quantitative estimate of drug-likeness (QED) is 0.0305. The molecule has 23 heteroatoms. The molecular weight excluding hydrogens is 909 g/mol. The van der Waals surface area contributed by atoms with Crippen LogP contribution in [0.25, 0.3) is 0 Å². The third kappa shape index (κ3) is 11.0. The zero-order valence-electron chi connectivity index (χ0n) is 37.9. The van der Waals surface area contributed by atoms with Gasteiger partial charge in [0.05, 0.1) is 55.9 Å². The van der Waals surface area contributed by atoms with Gasteiger partial charge in [0.1, 0.15) is 37.6 Å². The molecule has 11 atom stereocenters. The SMILES string of the molecule is CC(=O)OC[C@H](COP(=O)(O)C[C@H](N)C(=O)O)OC(=O)COCCOCCOC(=O)c1ccc(C(=O)O[C@@H]2[C@@H](C)[C@@]3(O)[C@@H](C=C(CO)C[C@]4(O)C(=O)C(C)=C[C@@H]34)[C@@H]3C(C)(C)[C@]23OC(C)=O)cc1. The van der Waals surface area contributed by atoms with Crippen molar-refractivity contribution in [1.82, 2.24) is 0 Å². The average Bonchev–Trinajstić information content (AvgIpc) is 3.68. The van der Waals surface area contributed by atoms with Gasteiger partial charge >= 0.3 is 43.4 Å². The molecule has 0 bridgehead atoms. The Balaban J connectivity index is 1.12. The first-order chi connectivity index (χ1) is 31.3. The highest BCUT2D eigenvalue weighted by Gasteiger charge is 2.88. The molecule has 0 heterocycles. The van der Waals surface area contributed by atoms with Gasteiger partial charge in [0.15, 0.2) is 17.5 Å². The maximum absolute atomic E-state index is 13.9. The zero-order valence-corrected chi connectivity index (χ0v) is 38.8. The summed E-state index contributed by atoms with van der Waals surface area (Å²) in [5.74, 6) is -9.81. The van der Waals surface area contributed by atoms with Crippen LogP contribution in [0.15, 0.2) is 47.6 Å². The molecule has 22 nitrogen and oxygen atoms in total. The van der Waals surface area contributed by atoms with Gasteiger partial charge in [-0.1, -0.05) is 32.9 Å². The van der Waals surface area contributed by atoms with E-state index in [1.807, 2.05) is 13.8 Å². The molecule has 5 rings (SSSR count). The fourth-order valence-corrected chi connectivity index (χ4v) is 10.9. The molecule has 0 amide bonds. The van der Waals surface area contributed by atoms with Crippen molar-refractivity contribution in [1.29, 1.82) is 0 Å². The van der Waals surface area contributed by atoms with Gasteiger partial charge in [-0.2, -0.15) is 0 Å². The maximum atomic E-state index is 13.9. The van der Waals surface area contributed by atoms with Crippen LogP contribution in [0.3, 0.4) is 0 Å². The van der Waals surface area contributed by atoms with E-state index in [2.05, 4.69) is 0 Å². The predicted molar refractivity (Wildman–Crippen MR) is 227 cm³/mol. The van der Waals surface area contributed by atoms with Crippen LogP contribution in [0.2, 0.25) is 0 Å². The molecule has 4 aliphatic carbocycles. The first-order valence-electron chi connectivity index (χ1n) is 21.4. The number of hydrogen-bond acceptors (Lipinski definition) is 20. The highest BCUT2D eigenvalue weighted by molar-refractivity contribution is 7.52. The summed E-state index contributed by atoms with van der Waals surface area (Å²) < 4.78 is 54.9. The van der Waals surface area contributed by atoms with E-state index in [-0.39, 0.29) is 49.5 Å². The number of esters is 5. The highest BCUT2D eigenvalue weighted by Crippen LogP contribution is 2.77. The van der Waals surface area contributed by atoms with Crippen LogP contribution in [0.5, 0.6) is 0 Å². The minimum atomic E-state index is -4.52. The number of Topliss-reactive ketones (excluding diaryl/α,β-unsaturated/α-hetero) is 1. The number of fused-ring (bicyclic) bond motifs is 5. The molecule has 7 N–H and O–H groups in total. The van der Waals surface area contributed by atoms with Crippen LogP contribution in [0, 0.1) is 29.1 Å². The number of benzene rings is 1. The normalized spacial score (nSPS) is 29.7. The molecule has 0 radical (unpaired) electrons. The number of carbonyl (C=O) groups excluding carboxylic acids is 6. The van der Waals surface area contributed by atoms with Crippen LogP contribution in [0.1, 0.15) is 68.7 Å². The van der Waals surface area contributed by atoms with E-state index in [1.165, 1.54) is 44.2 Å². The summed E-state index contributed by atoms with van der Waals surface area (Å²) in [4.78, 5) is 97.1. The Labute approximate surface area is 385 Å². The molecule has 4 aliphatic rings. The van der Waals surface area contributed by atoms with Gasteiger partial charge in [-0.15, -0.1) is 0 Å². The lowest BCUT2D eigenvalue weighted by atomic mass is 9.59. The fourth-order valence-electron chi connectivity index (χ4n) is 9.76. The van der Waals surface area contributed by atoms with Crippen molar-refractivity contribution in [3.63, 3.8) is 0 Å². The number of carbonyl (C=O) groups is 7. The molecule has 67 heavy (non-hydrogen) atoms. The third-order valence-electron chi connectivity index (χ3n) is 12.9. The number of rotatable bonds is 22. The van der Waals surface area contributed by atoms with Gasteiger partial charge in [-0.25, -0.2) is 14.4 Å². The lowest BCUT2D eigenvalue weighted by molar-refractivity contribution is -0.219. The number of hydrogen-bond donors (Lipinski definition) is 6. The summed E-state index contributed by atoms with van der Waals surface area (Å²) in [7, 11) is -4.52. The molecule has 0 aromatic heterocycles. The smallest absolute Gasteiger partial charge is 0.338 e. The van der Waals surface area contributed by atoms with E-state index < -0.39 is 146 Å². The van der Waals surface area contributed by atoms with Gasteiger partial charge in [0, 0.05) is 49.4 Å². The van der Waals surface area contributed by atoms with Crippen LogP contribution in [-0.2, 0) is 66.2 Å². The van der Waals surface area contributed by atoms with E-state index in [1.54, 1.807) is 13.0 Å². The molecule has 370 valence electrons. The monoisotopic (exact) mass is 967 g/mol. The molecule has 1 aromatic carbocycles. The number of aliphatic hydroxyl groups excluding tert-OH is 1. The fraction of sp³-hybridized carbons (Fsp3) is 0.614.